The average molecular weight is 414 g/mol. The number of hydrogen-bond acceptors (Lipinski definition) is 2. The maximum atomic E-state index is 4.55. The van der Waals surface area contributed by atoms with Gasteiger partial charge in [-0.05, 0) is 43.3 Å². The van der Waals surface area contributed by atoms with Crippen LogP contribution in [0.1, 0.15) is 11.5 Å². The van der Waals surface area contributed by atoms with Gasteiger partial charge < -0.3 is 0 Å². The molecule has 0 saturated carbocycles. The quantitative estimate of drug-likeness (QED) is 0.362. The summed E-state index contributed by atoms with van der Waals surface area (Å²) in [7, 11) is -1.88. The summed E-state index contributed by atoms with van der Waals surface area (Å²) in [6, 6.07) is 33.2. The minimum Gasteiger partial charge on any atom is -0.288 e. The Morgan fingerprint density at radius 1 is 0.759 bits per heavy atom. The van der Waals surface area contributed by atoms with Gasteiger partial charge in [-0.3, -0.25) is 4.40 Å². The van der Waals surface area contributed by atoms with E-state index >= 15 is 0 Å². The third-order valence-electron chi connectivity index (χ3n) is 5.50. The Kier molecular flexibility index (Phi) is 4.79. The second-order valence-corrected chi connectivity index (χ2v) is 11.6. The van der Waals surface area contributed by atoms with E-state index in [1.165, 1.54) is 26.4 Å². The van der Waals surface area contributed by atoms with Gasteiger partial charge in [0.15, 0.2) is 0 Å². The number of rotatable bonds is 5. The number of benzene rings is 3. The molecule has 0 atom stereocenters. The van der Waals surface area contributed by atoms with E-state index in [0.717, 1.165) is 12.0 Å². The van der Waals surface area contributed by atoms with Gasteiger partial charge >= 0.3 is 0 Å². The lowest BCUT2D eigenvalue weighted by Crippen LogP contribution is -2.32. The van der Waals surface area contributed by atoms with Crippen molar-refractivity contribution in [3.63, 3.8) is 0 Å². The third-order valence-corrected chi connectivity index (χ3v) is 10.8. The standard InChI is InChI=1S/C25H22N2PS/c1-20-26-17-25-27(20)21(19-29-25)18-28(22-11-5-2-6-12-22,23-13-7-3-8-14-23)24-15-9-4-10-16-24/h2-17,19H,18H2,1H3/q+1. The Labute approximate surface area is 175 Å². The lowest BCUT2D eigenvalue weighted by molar-refractivity contribution is 1.00. The van der Waals surface area contributed by atoms with Crippen molar-refractivity contribution in [3.8, 4) is 0 Å². The molecule has 0 aliphatic rings. The molecule has 5 aromatic rings. The minimum atomic E-state index is -1.88. The van der Waals surface area contributed by atoms with Crippen LogP contribution in [-0.2, 0) is 6.16 Å². The van der Waals surface area contributed by atoms with Crippen molar-refractivity contribution in [1.29, 1.82) is 0 Å². The van der Waals surface area contributed by atoms with Gasteiger partial charge in [-0.15, -0.1) is 11.3 Å². The van der Waals surface area contributed by atoms with Gasteiger partial charge in [0.05, 0.1) is 11.9 Å². The van der Waals surface area contributed by atoms with Gasteiger partial charge in [0, 0.05) is 5.38 Å². The second-order valence-electron chi connectivity index (χ2n) is 7.18. The Morgan fingerprint density at radius 2 is 1.24 bits per heavy atom. The molecular formula is C25H22N2PS+. The molecule has 5 rings (SSSR count). The van der Waals surface area contributed by atoms with E-state index < -0.39 is 7.26 Å². The number of nitrogens with zero attached hydrogens (tertiary/aromatic N) is 2. The van der Waals surface area contributed by atoms with Crippen molar-refractivity contribution in [3.05, 3.63) is 114 Å². The summed E-state index contributed by atoms with van der Waals surface area (Å²) in [5, 5.41) is 6.55. The van der Waals surface area contributed by atoms with E-state index in [1.807, 2.05) is 6.20 Å². The summed E-state index contributed by atoms with van der Waals surface area (Å²) in [5.74, 6) is 1.06. The number of hydrogen-bond donors (Lipinski definition) is 0. The van der Waals surface area contributed by atoms with Gasteiger partial charge in [0.25, 0.3) is 0 Å². The average Bonchev–Trinajstić information content (AvgIpc) is 3.37. The summed E-state index contributed by atoms with van der Waals surface area (Å²) in [6.45, 7) is 2.09. The third kappa shape index (κ3) is 3.11. The molecule has 142 valence electrons. The van der Waals surface area contributed by atoms with E-state index in [0.29, 0.717) is 0 Å². The molecule has 2 heterocycles. The van der Waals surface area contributed by atoms with E-state index in [4.69, 9.17) is 0 Å². The van der Waals surface area contributed by atoms with Crippen LogP contribution in [0.15, 0.2) is 103 Å². The van der Waals surface area contributed by atoms with Crippen molar-refractivity contribution < 1.29 is 0 Å². The Balaban J connectivity index is 1.81. The monoisotopic (exact) mass is 413 g/mol. The highest BCUT2D eigenvalue weighted by Gasteiger charge is 2.46. The molecular weight excluding hydrogens is 391 g/mol. The first-order valence-electron chi connectivity index (χ1n) is 9.74. The van der Waals surface area contributed by atoms with Crippen LogP contribution < -0.4 is 15.9 Å². The summed E-state index contributed by atoms with van der Waals surface area (Å²) >= 11 is 1.78. The number of imidazole rings is 1. The fourth-order valence-electron chi connectivity index (χ4n) is 4.16. The van der Waals surface area contributed by atoms with Gasteiger partial charge in [0.2, 0.25) is 0 Å². The number of thiazole rings is 1. The van der Waals surface area contributed by atoms with Crippen LogP contribution >= 0.6 is 18.6 Å². The lowest BCUT2D eigenvalue weighted by atomic mass is 10.4. The largest absolute Gasteiger partial charge is 0.288 e. The Hall–Kier alpha value is -2.74. The Bertz CT molecular complexity index is 1130. The van der Waals surface area contributed by atoms with Crippen LogP contribution in [-0.4, -0.2) is 9.38 Å². The van der Waals surface area contributed by atoms with Crippen molar-refractivity contribution >= 4 is 39.3 Å². The van der Waals surface area contributed by atoms with Crippen molar-refractivity contribution in [2.75, 3.05) is 0 Å². The van der Waals surface area contributed by atoms with Crippen molar-refractivity contribution in [2.24, 2.45) is 0 Å². The molecule has 3 aromatic carbocycles. The van der Waals surface area contributed by atoms with Crippen LogP contribution in [0.2, 0.25) is 0 Å². The van der Waals surface area contributed by atoms with Crippen molar-refractivity contribution in [1.82, 2.24) is 9.38 Å². The molecule has 0 aliphatic heterocycles. The van der Waals surface area contributed by atoms with Crippen LogP contribution in [0.4, 0.5) is 0 Å². The van der Waals surface area contributed by atoms with Crippen LogP contribution in [0.5, 0.6) is 0 Å². The van der Waals surface area contributed by atoms with Crippen molar-refractivity contribution in [2.45, 2.75) is 13.1 Å². The predicted molar refractivity (Wildman–Crippen MR) is 127 cm³/mol. The zero-order valence-corrected chi connectivity index (χ0v) is 18.0. The smallest absolute Gasteiger partial charge is 0.120 e. The van der Waals surface area contributed by atoms with Crippen LogP contribution in [0.25, 0.3) is 4.83 Å². The first-order chi connectivity index (χ1) is 14.3. The van der Waals surface area contributed by atoms with E-state index in [1.54, 1.807) is 11.3 Å². The molecule has 0 spiro atoms. The highest BCUT2D eigenvalue weighted by atomic mass is 32.1. The number of fused-ring (bicyclic) bond motifs is 1. The molecule has 0 N–H and O–H groups in total. The Morgan fingerprint density at radius 3 is 1.72 bits per heavy atom. The molecule has 0 saturated heterocycles. The van der Waals surface area contributed by atoms with Gasteiger partial charge in [-0.2, -0.15) is 0 Å². The molecule has 0 bridgehead atoms. The fraction of sp³-hybridized carbons (Fsp3) is 0.0800. The topological polar surface area (TPSA) is 17.3 Å². The predicted octanol–water partition coefficient (Wildman–Crippen LogP) is 5.20. The van der Waals surface area contributed by atoms with Crippen LogP contribution in [0, 0.1) is 6.92 Å². The fourth-order valence-corrected chi connectivity index (χ4v) is 9.40. The molecule has 0 amide bonds. The molecule has 0 fully saturated rings. The molecule has 0 aliphatic carbocycles. The highest BCUT2D eigenvalue weighted by molar-refractivity contribution is 7.95. The minimum absolute atomic E-state index is 0.974. The summed E-state index contributed by atoms with van der Waals surface area (Å²) < 4.78 is 2.33. The maximum absolute atomic E-state index is 4.55. The second kappa shape index (κ2) is 7.59. The lowest BCUT2D eigenvalue weighted by Gasteiger charge is -2.27. The van der Waals surface area contributed by atoms with Gasteiger partial charge in [-0.1, -0.05) is 54.6 Å². The van der Waals surface area contributed by atoms with E-state index in [2.05, 4.69) is 113 Å². The maximum Gasteiger partial charge on any atom is 0.120 e. The zero-order chi connectivity index (χ0) is 19.7. The summed E-state index contributed by atoms with van der Waals surface area (Å²) in [5.41, 5.74) is 1.34. The van der Waals surface area contributed by atoms with E-state index in [9.17, 15) is 0 Å². The van der Waals surface area contributed by atoms with Gasteiger partial charge in [0.1, 0.15) is 40.0 Å². The first kappa shape index (κ1) is 18.3. The molecule has 29 heavy (non-hydrogen) atoms. The van der Waals surface area contributed by atoms with E-state index in [-0.39, 0.29) is 0 Å². The molecule has 0 radical (unpaired) electrons. The summed E-state index contributed by atoms with van der Waals surface area (Å²) in [6.07, 6.45) is 2.96. The first-order valence-corrected chi connectivity index (χ1v) is 12.6. The number of aromatic nitrogens is 2. The molecule has 2 nitrogen and oxygen atoms in total. The van der Waals surface area contributed by atoms with Gasteiger partial charge in [-0.25, -0.2) is 4.98 Å². The zero-order valence-electron chi connectivity index (χ0n) is 16.3. The highest BCUT2D eigenvalue weighted by Crippen LogP contribution is 2.58. The molecule has 4 heteroatoms. The molecule has 2 aromatic heterocycles. The number of aryl methyl sites for hydroxylation is 1. The summed E-state index contributed by atoms with van der Waals surface area (Å²) in [4.78, 5) is 5.76. The normalized spacial score (nSPS) is 11.8. The molecule has 0 unspecified atom stereocenters. The SMILES string of the molecule is Cc1ncc2scc(C[P+](c3ccccc3)(c3ccccc3)c3ccccc3)n12. The van der Waals surface area contributed by atoms with Crippen LogP contribution in [0.3, 0.4) is 0 Å².